The lowest BCUT2D eigenvalue weighted by Gasteiger charge is -2.14. The van der Waals surface area contributed by atoms with Gasteiger partial charge in [0.2, 0.25) is 0 Å². The second kappa shape index (κ2) is 3.70. The minimum Gasteiger partial charge on any atom is -0.378 e. The zero-order chi connectivity index (χ0) is 9.97. The molecule has 0 radical (unpaired) electrons. The summed E-state index contributed by atoms with van der Waals surface area (Å²) >= 11 is 0. The molecule has 1 N–H and O–H groups in total. The number of nitrogens with one attached hydrogen (secondary N) is 1. The molecule has 2 rings (SSSR count). The van der Waals surface area contributed by atoms with E-state index in [9.17, 15) is 0 Å². The van der Waals surface area contributed by atoms with Crippen molar-refractivity contribution in [2.45, 2.75) is 19.4 Å². The molecule has 0 spiro atoms. The molecule has 0 aromatic heterocycles. The highest BCUT2D eigenvalue weighted by Gasteiger charge is 2.08. The topological polar surface area (TPSA) is 12.0 Å². The first-order valence-electron chi connectivity index (χ1n) is 4.96. The summed E-state index contributed by atoms with van der Waals surface area (Å²) in [7, 11) is 0. The van der Waals surface area contributed by atoms with E-state index in [1.165, 1.54) is 16.8 Å². The van der Waals surface area contributed by atoms with Crippen LogP contribution < -0.4 is 5.32 Å². The Hall–Kier alpha value is -1.50. The lowest BCUT2D eigenvalue weighted by Crippen LogP contribution is -2.14. The number of anilines is 1. The normalized spacial score (nSPS) is 19.4. The zero-order valence-electron chi connectivity index (χ0n) is 8.46. The van der Waals surface area contributed by atoms with Crippen molar-refractivity contribution in [2.24, 2.45) is 0 Å². The van der Waals surface area contributed by atoms with Crippen LogP contribution in [0.2, 0.25) is 0 Å². The highest BCUT2D eigenvalue weighted by atomic mass is 14.9. The second-order valence-corrected chi connectivity index (χ2v) is 3.72. The van der Waals surface area contributed by atoms with Gasteiger partial charge in [0.15, 0.2) is 0 Å². The van der Waals surface area contributed by atoms with Crippen molar-refractivity contribution in [3.63, 3.8) is 0 Å². The maximum absolute atomic E-state index is 3.82. The van der Waals surface area contributed by atoms with Crippen molar-refractivity contribution >= 4 is 11.8 Å². The Balaban J connectivity index is 2.40. The van der Waals surface area contributed by atoms with Crippen LogP contribution in [0.4, 0.5) is 5.69 Å². The predicted octanol–water partition coefficient (Wildman–Crippen LogP) is 3.38. The molecule has 14 heavy (non-hydrogen) atoms. The monoisotopic (exact) mass is 185 g/mol. The largest absolute Gasteiger partial charge is 0.378 e. The van der Waals surface area contributed by atoms with Gasteiger partial charge < -0.3 is 5.32 Å². The fraction of sp³-hybridized carbons (Fsp3) is 0.231. The Morgan fingerprint density at radius 3 is 3.14 bits per heavy atom. The number of hydrogen-bond acceptors (Lipinski definition) is 1. The van der Waals surface area contributed by atoms with Crippen LogP contribution in [-0.4, -0.2) is 6.04 Å². The fourth-order valence-electron chi connectivity index (χ4n) is 1.70. The zero-order valence-corrected chi connectivity index (χ0v) is 8.46. The first-order chi connectivity index (χ1) is 6.79. The average molecular weight is 185 g/mol. The Morgan fingerprint density at radius 2 is 2.36 bits per heavy atom. The van der Waals surface area contributed by atoms with Gasteiger partial charge in [-0.3, -0.25) is 0 Å². The molecular formula is C13H15N. The summed E-state index contributed by atoms with van der Waals surface area (Å²) in [6, 6.07) is 6.83. The molecule has 1 aliphatic heterocycles. The summed E-state index contributed by atoms with van der Waals surface area (Å²) in [5, 5.41) is 3.47. The molecule has 1 aromatic rings. The quantitative estimate of drug-likeness (QED) is 0.661. The van der Waals surface area contributed by atoms with Gasteiger partial charge in [-0.2, -0.15) is 0 Å². The van der Waals surface area contributed by atoms with Gasteiger partial charge in [-0.1, -0.05) is 30.4 Å². The summed E-state index contributed by atoms with van der Waals surface area (Å²) in [4.78, 5) is 0. The Bertz CT molecular complexity index is 377. The first kappa shape index (κ1) is 9.07. The smallest absolute Gasteiger partial charge is 0.0476 e. The van der Waals surface area contributed by atoms with Gasteiger partial charge in [0.1, 0.15) is 0 Å². The predicted molar refractivity (Wildman–Crippen MR) is 62.4 cm³/mol. The summed E-state index contributed by atoms with van der Waals surface area (Å²) < 4.78 is 0. The van der Waals surface area contributed by atoms with E-state index in [2.05, 4.69) is 49.2 Å². The lowest BCUT2D eigenvalue weighted by molar-refractivity contribution is 0.903. The van der Waals surface area contributed by atoms with Gasteiger partial charge >= 0.3 is 0 Å². The van der Waals surface area contributed by atoms with E-state index in [1.807, 2.05) is 6.08 Å². The molecular weight excluding hydrogens is 170 g/mol. The molecule has 1 heteroatoms. The van der Waals surface area contributed by atoms with Gasteiger partial charge in [0, 0.05) is 11.7 Å². The third-order valence-electron chi connectivity index (χ3n) is 2.52. The number of rotatable bonds is 1. The molecule has 0 amide bonds. The molecule has 1 atom stereocenters. The van der Waals surface area contributed by atoms with Crippen molar-refractivity contribution in [1.29, 1.82) is 0 Å². The van der Waals surface area contributed by atoms with Crippen LogP contribution in [0.15, 0.2) is 36.9 Å². The molecule has 1 heterocycles. The SMILES string of the molecule is C=C[C@H]1CC=Cc2ccc(C)cc2N1. The van der Waals surface area contributed by atoms with Crippen molar-refractivity contribution in [1.82, 2.24) is 0 Å². The maximum atomic E-state index is 3.82. The standard InChI is InChI=1S/C13H15N/c1-3-12-6-4-5-11-8-7-10(2)9-13(11)14-12/h3-5,7-9,12,14H,1,6H2,2H3/t12-/m0/s1. The molecule has 0 aliphatic carbocycles. The van der Waals surface area contributed by atoms with E-state index in [0.29, 0.717) is 6.04 Å². The third kappa shape index (κ3) is 1.72. The van der Waals surface area contributed by atoms with E-state index in [-0.39, 0.29) is 0 Å². The number of benzene rings is 1. The summed E-state index contributed by atoms with van der Waals surface area (Å²) in [6.07, 6.45) is 7.34. The summed E-state index contributed by atoms with van der Waals surface area (Å²) in [5.41, 5.74) is 3.76. The highest BCUT2D eigenvalue weighted by Crippen LogP contribution is 2.23. The highest BCUT2D eigenvalue weighted by molar-refractivity contribution is 5.69. The van der Waals surface area contributed by atoms with Crippen molar-refractivity contribution in [3.8, 4) is 0 Å². The fourth-order valence-corrected chi connectivity index (χ4v) is 1.70. The van der Waals surface area contributed by atoms with Crippen molar-refractivity contribution in [3.05, 3.63) is 48.1 Å². The van der Waals surface area contributed by atoms with Gasteiger partial charge in [-0.05, 0) is 30.5 Å². The Morgan fingerprint density at radius 1 is 1.50 bits per heavy atom. The Kier molecular flexibility index (Phi) is 2.40. The van der Waals surface area contributed by atoms with Crippen LogP contribution >= 0.6 is 0 Å². The van der Waals surface area contributed by atoms with Crippen LogP contribution in [0.25, 0.3) is 6.08 Å². The molecule has 72 valence electrons. The molecule has 1 aliphatic rings. The van der Waals surface area contributed by atoms with Gasteiger partial charge in [0.05, 0.1) is 0 Å². The first-order valence-corrected chi connectivity index (χ1v) is 4.96. The van der Waals surface area contributed by atoms with Gasteiger partial charge in [-0.15, -0.1) is 6.58 Å². The van der Waals surface area contributed by atoms with Crippen LogP contribution in [0, 0.1) is 6.92 Å². The molecule has 0 saturated heterocycles. The third-order valence-corrected chi connectivity index (χ3v) is 2.52. The van der Waals surface area contributed by atoms with Crippen LogP contribution in [-0.2, 0) is 0 Å². The summed E-state index contributed by atoms with van der Waals surface area (Å²) in [6.45, 7) is 5.94. The van der Waals surface area contributed by atoms with E-state index in [1.54, 1.807) is 0 Å². The van der Waals surface area contributed by atoms with Crippen LogP contribution in [0.3, 0.4) is 0 Å². The second-order valence-electron chi connectivity index (χ2n) is 3.72. The number of hydrogen-bond donors (Lipinski definition) is 1. The molecule has 0 fully saturated rings. The minimum absolute atomic E-state index is 0.356. The number of fused-ring (bicyclic) bond motifs is 1. The van der Waals surface area contributed by atoms with Crippen LogP contribution in [0.1, 0.15) is 17.5 Å². The summed E-state index contributed by atoms with van der Waals surface area (Å²) in [5.74, 6) is 0. The minimum atomic E-state index is 0.356. The van der Waals surface area contributed by atoms with Crippen molar-refractivity contribution < 1.29 is 0 Å². The molecule has 0 bridgehead atoms. The van der Waals surface area contributed by atoms with E-state index >= 15 is 0 Å². The molecule has 1 aromatic carbocycles. The van der Waals surface area contributed by atoms with Gasteiger partial charge in [0.25, 0.3) is 0 Å². The van der Waals surface area contributed by atoms with Gasteiger partial charge in [-0.25, -0.2) is 0 Å². The molecule has 0 saturated carbocycles. The van der Waals surface area contributed by atoms with Crippen LogP contribution in [0.5, 0.6) is 0 Å². The van der Waals surface area contributed by atoms with E-state index in [4.69, 9.17) is 0 Å². The maximum Gasteiger partial charge on any atom is 0.0476 e. The average Bonchev–Trinajstić information content (AvgIpc) is 2.38. The van der Waals surface area contributed by atoms with E-state index in [0.717, 1.165) is 6.42 Å². The Labute approximate surface area is 85.2 Å². The van der Waals surface area contributed by atoms with E-state index < -0.39 is 0 Å². The van der Waals surface area contributed by atoms with Crippen molar-refractivity contribution in [2.75, 3.05) is 5.32 Å². The lowest BCUT2D eigenvalue weighted by atomic mass is 10.1. The molecule has 0 unspecified atom stereocenters. The molecule has 1 nitrogen and oxygen atoms in total. The number of aryl methyl sites for hydroxylation is 1.